The van der Waals surface area contributed by atoms with Crippen LogP contribution in [0.3, 0.4) is 0 Å². The first-order chi connectivity index (χ1) is 14.2. The second-order valence-electron chi connectivity index (χ2n) is 6.85. The fourth-order valence-corrected chi connectivity index (χ4v) is 3.99. The van der Waals surface area contributed by atoms with Gasteiger partial charge in [0.1, 0.15) is 11.5 Å². The van der Waals surface area contributed by atoms with Crippen LogP contribution in [0.1, 0.15) is 36.9 Å². The van der Waals surface area contributed by atoms with Crippen molar-refractivity contribution in [1.82, 2.24) is 29.9 Å². The summed E-state index contributed by atoms with van der Waals surface area (Å²) < 4.78 is 20.9. The topological polar surface area (TPSA) is 82.5 Å². The number of thioether (sulfide) groups is 1. The quantitative estimate of drug-likeness (QED) is 0.427. The largest absolute Gasteiger partial charge is 0.334 e. The molecule has 0 saturated heterocycles. The van der Waals surface area contributed by atoms with Gasteiger partial charge in [-0.05, 0) is 50.1 Å². The van der Waals surface area contributed by atoms with E-state index in [1.54, 1.807) is 18.3 Å². The van der Waals surface area contributed by atoms with Crippen LogP contribution in [0.15, 0.2) is 58.3 Å². The average Bonchev–Trinajstić information content (AvgIpc) is 3.29. The zero-order valence-corrected chi connectivity index (χ0v) is 16.4. The van der Waals surface area contributed by atoms with Crippen molar-refractivity contribution in [3.63, 3.8) is 0 Å². The Labute approximate surface area is 170 Å². The van der Waals surface area contributed by atoms with Gasteiger partial charge < -0.3 is 4.52 Å². The lowest BCUT2D eigenvalue weighted by Crippen LogP contribution is -2.02. The number of aromatic nitrogens is 6. The summed E-state index contributed by atoms with van der Waals surface area (Å²) in [5.74, 6) is 1.25. The highest BCUT2D eigenvalue weighted by molar-refractivity contribution is 7.99. The molecule has 146 valence electrons. The molecule has 1 aliphatic carbocycles. The maximum absolute atomic E-state index is 13.5. The first-order valence-electron chi connectivity index (χ1n) is 9.31. The Balaban J connectivity index is 1.40. The Morgan fingerprint density at radius 2 is 2.07 bits per heavy atom. The molecule has 0 bridgehead atoms. The molecule has 7 nitrogen and oxygen atoms in total. The molecular weight excluding hydrogens is 391 g/mol. The van der Waals surface area contributed by atoms with E-state index in [0.717, 1.165) is 29.5 Å². The highest BCUT2D eigenvalue weighted by Crippen LogP contribution is 2.43. The molecule has 9 heteroatoms. The molecule has 0 aliphatic heterocycles. The van der Waals surface area contributed by atoms with E-state index >= 15 is 0 Å². The summed E-state index contributed by atoms with van der Waals surface area (Å²) in [5, 5.41) is 13.5. The standard InChI is InChI=1S/C20H17FN6OS/c1-12(17-23-19(28-26-17)13-5-4-6-14(21)11-13)29-20-25-24-18(27(20)15-8-9-15)16-7-2-3-10-22-16/h2-7,10-12,15H,8-9H2,1H3. The highest BCUT2D eigenvalue weighted by atomic mass is 32.2. The van der Waals surface area contributed by atoms with Crippen LogP contribution < -0.4 is 0 Å². The predicted octanol–water partition coefficient (Wildman–Crippen LogP) is 4.72. The van der Waals surface area contributed by atoms with E-state index in [4.69, 9.17) is 4.52 Å². The van der Waals surface area contributed by atoms with Crippen LogP contribution in [0.4, 0.5) is 4.39 Å². The molecule has 0 spiro atoms. The van der Waals surface area contributed by atoms with Crippen LogP contribution in [0, 0.1) is 5.82 Å². The molecule has 3 heterocycles. The molecular formula is C20H17FN6OS. The number of pyridine rings is 1. The number of halogens is 1. The molecule has 1 aliphatic rings. The third-order valence-electron chi connectivity index (χ3n) is 4.63. The molecule has 1 saturated carbocycles. The first-order valence-corrected chi connectivity index (χ1v) is 10.2. The normalized spacial score (nSPS) is 14.8. The third kappa shape index (κ3) is 3.65. The number of benzene rings is 1. The Hall–Kier alpha value is -3.07. The monoisotopic (exact) mass is 408 g/mol. The van der Waals surface area contributed by atoms with Gasteiger partial charge in [0.15, 0.2) is 16.8 Å². The smallest absolute Gasteiger partial charge is 0.258 e. The van der Waals surface area contributed by atoms with Crippen LogP contribution in [-0.4, -0.2) is 29.9 Å². The van der Waals surface area contributed by atoms with E-state index in [2.05, 4.69) is 29.9 Å². The van der Waals surface area contributed by atoms with Gasteiger partial charge in [-0.2, -0.15) is 4.98 Å². The van der Waals surface area contributed by atoms with Crippen molar-refractivity contribution in [2.45, 2.75) is 36.2 Å². The third-order valence-corrected chi connectivity index (χ3v) is 5.68. The summed E-state index contributed by atoms with van der Waals surface area (Å²) in [6, 6.07) is 12.3. The summed E-state index contributed by atoms with van der Waals surface area (Å²) >= 11 is 1.52. The Bertz CT molecular complexity index is 1140. The van der Waals surface area contributed by atoms with Crippen LogP contribution in [0.2, 0.25) is 0 Å². The average molecular weight is 408 g/mol. The molecule has 4 aromatic rings. The summed E-state index contributed by atoms with van der Waals surface area (Å²) in [6.45, 7) is 1.98. The first kappa shape index (κ1) is 18.0. The van der Waals surface area contributed by atoms with Crippen LogP contribution >= 0.6 is 11.8 Å². The fourth-order valence-electron chi connectivity index (χ4n) is 3.04. The summed E-state index contributed by atoms with van der Waals surface area (Å²) in [7, 11) is 0. The van der Waals surface area contributed by atoms with Gasteiger partial charge in [0.2, 0.25) is 0 Å². The van der Waals surface area contributed by atoms with Crippen molar-refractivity contribution in [2.24, 2.45) is 0 Å². The molecule has 0 radical (unpaired) electrons. The molecule has 1 unspecified atom stereocenters. The van der Waals surface area contributed by atoms with Gasteiger partial charge in [0.05, 0.1) is 5.25 Å². The molecule has 5 rings (SSSR count). The summed E-state index contributed by atoms with van der Waals surface area (Å²) in [6.07, 6.45) is 3.96. The van der Waals surface area contributed by atoms with E-state index < -0.39 is 0 Å². The zero-order chi connectivity index (χ0) is 19.8. The molecule has 29 heavy (non-hydrogen) atoms. The molecule has 1 aromatic carbocycles. The fraction of sp³-hybridized carbons (Fsp3) is 0.250. The molecule has 1 atom stereocenters. The van der Waals surface area contributed by atoms with E-state index in [9.17, 15) is 4.39 Å². The molecule has 1 fully saturated rings. The van der Waals surface area contributed by atoms with Gasteiger partial charge in [-0.3, -0.25) is 9.55 Å². The molecule has 0 N–H and O–H groups in total. The van der Waals surface area contributed by atoms with Crippen LogP contribution in [0.25, 0.3) is 23.0 Å². The summed E-state index contributed by atoms with van der Waals surface area (Å²) in [4.78, 5) is 8.85. The van der Waals surface area contributed by atoms with Crippen LogP contribution in [-0.2, 0) is 0 Å². The van der Waals surface area contributed by atoms with Crippen molar-refractivity contribution in [2.75, 3.05) is 0 Å². The number of nitrogens with zero attached hydrogens (tertiary/aromatic N) is 6. The van der Waals surface area contributed by atoms with Crippen molar-refractivity contribution in [3.8, 4) is 23.0 Å². The summed E-state index contributed by atoms with van der Waals surface area (Å²) in [5.41, 5.74) is 1.36. The lowest BCUT2D eigenvalue weighted by atomic mass is 10.2. The Morgan fingerprint density at radius 1 is 1.17 bits per heavy atom. The second kappa shape index (κ2) is 7.40. The van der Waals surface area contributed by atoms with E-state index in [-0.39, 0.29) is 11.1 Å². The van der Waals surface area contributed by atoms with E-state index in [1.807, 2.05) is 25.1 Å². The maximum Gasteiger partial charge on any atom is 0.258 e. The van der Waals surface area contributed by atoms with Crippen molar-refractivity contribution < 1.29 is 8.91 Å². The number of rotatable bonds is 6. The van der Waals surface area contributed by atoms with Gasteiger partial charge in [-0.25, -0.2) is 4.39 Å². The SMILES string of the molecule is CC(Sc1nnc(-c2ccccn2)n1C1CC1)c1noc(-c2cccc(F)c2)n1. The Kier molecular flexibility index (Phi) is 4.59. The maximum atomic E-state index is 13.5. The lowest BCUT2D eigenvalue weighted by molar-refractivity contribution is 0.422. The zero-order valence-electron chi connectivity index (χ0n) is 15.6. The minimum Gasteiger partial charge on any atom is -0.334 e. The van der Waals surface area contributed by atoms with Crippen molar-refractivity contribution in [3.05, 3.63) is 60.3 Å². The van der Waals surface area contributed by atoms with Gasteiger partial charge in [0, 0.05) is 17.8 Å². The lowest BCUT2D eigenvalue weighted by Gasteiger charge is -2.10. The van der Waals surface area contributed by atoms with Gasteiger partial charge in [-0.15, -0.1) is 10.2 Å². The number of hydrogen-bond acceptors (Lipinski definition) is 7. The van der Waals surface area contributed by atoms with Crippen molar-refractivity contribution in [1.29, 1.82) is 0 Å². The molecule has 0 amide bonds. The van der Waals surface area contributed by atoms with Crippen LogP contribution in [0.5, 0.6) is 0 Å². The van der Waals surface area contributed by atoms with Crippen molar-refractivity contribution >= 4 is 11.8 Å². The minimum atomic E-state index is -0.343. The second-order valence-corrected chi connectivity index (χ2v) is 8.16. The molecule has 3 aromatic heterocycles. The Morgan fingerprint density at radius 3 is 2.83 bits per heavy atom. The van der Waals surface area contributed by atoms with E-state index in [1.165, 1.54) is 23.9 Å². The highest BCUT2D eigenvalue weighted by Gasteiger charge is 2.31. The van der Waals surface area contributed by atoms with Gasteiger partial charge in [-0.1, -0.05) is 29.1 Å². The van der Waals surface area contributed by atoms with Gasteiger partial charge >= 0.3 is 0 Å². The van der Waals surface area contributed by atoms with Gasteiger partial charge in [0.25, 0.3) is 5.89 Å². The minimum absolute atomic E-state index is 0.112. The number of hydrogen-bond donors (Lipinski definition) is 0. The predicted molar refractivity (Wildman–Crippen MR) is 105 cm³/mol. The van der Waals surface area contributed by atoms with E-state index in [0.29, 0.717) is 23.3 Å².